The van der Waals surface area contributed by atoms with E-state index in [-0.39, 0.29) is 11.7 Å². The molecular weight excluding hydrogens is 303 g/mol. The van der Waals surface area contributed by atoms with Gasteiger partial charge in [-0.05, 0) is 43.2 Å². The number of hydrogen-bond acceptors (Lipinski definition) is 2. The molecule has 126 valence electrons. The van der Waals surface area contributed by atoms with E-state index in [0.29, 0.717) is 11.1 Å². The lowest BCUT2D eigenvalue weighted by Gasteiger charge is -2.31. The zero-order valence-electron chi connectivity index (χ0n) is 14.2. The largest absolute Gasteiger partial charge is 0.378 e. The highest BCUT2D eigenvalue weighted by atomic mass is 19.1. The maximum atomic E-state index is 14.3. The molecule has 0 bridgehead atoms. The number of carbonyl (C=O) groups excluding carboxylic acids is 1. The molecule has 0 aromatic heterocycles. The van der Waals surface area contributed by atoms with Crippen molar-refractivity contribution in [2.45, 2.75) is 31.2 Å². The average Bonchev–Trinajstić information content (AvgIpc) is 3.04. The van der Waals surface area contributed by atoms with Crippen molar-refractivity contribution in [3.05, 3.63) is 65.5 Å². The van der Waals surface area contributed by atoms with Gasteiger partial charge in [0.05, 0.1) is 5.54 Å². The van der Waals surface area contributed by atoms with Crippen LogP contribution >= 0.6 is 0 Å². The van der Waals surface area contributed by atoms with Crippen LogP contribution in [-0.2, 0) is 5.54 Å². The Morgan fingerprint density at radius 1 is 1.04 bits per heavy atom. The van der Waals surface area contributed by atoms with Crippen LogP contribution in [0.15, 0.2) is 48.5 Å². The number of benzene rings is 2. The molecule has 1 amide bonds. The lowest BCUT2D eigenvalue weighted by Crippen LogP contribution is -2.44. The molecule has 0 heterocycles. The minimum Gasteiger partial charge on any atom is -0.378 e. The Hall–Kier alpha value is -2.36. The number of hydrogen-bond donors (Lipinski definition) is 1. The van der Waals surface area contributed by atoms with Gasteiger partial charge in [0, 0.05) is 30.9 Å². The predicted octanol–water partition coefficient (Wildman–Crippen LogP) is 4.09. The van der Waals surface area contributed by atoms with Crippen LogP contribution in [0.3, 0.4) is 0 Å². The predicted molar refractivity (Wildman–Crippen MR) is 94.8 cm³/mol. The second kappa shape index (κ2) is 6.63. The van der Waals surface area contributed by atoms with Crippen LogP contribution in [0.4, 0.5) is 10.1 Å². The van der Waals surface area contributed by atoms with E-state index in [4.69, 9.17) is 0 Å². The van der Waals surface area contributed by atoms with Crippen LogP contribution < -0.4 is 10.2 Å². The SMILES string of the molecule is CN(C)c1ccc(C(=O)NC2(c3ccccc3F)CCCC2)cc1. The van der Waals surface area contributed by atoms with Gasteiger partial charge < -0.3 is 10.2 Å². The van der Waals surface area contributed by atoms with E-state index in [9.17, 15) is 9.18 Å². The van der Waals surface area contributed by atoms with Crippen molar-refractivity contribution in [1.82, 2.24) is 5.32 Å². The normalized spacial score (nSPS) is 16.0. The number of anilines is 1. The fourth-order valence-corrected chi connectivity index (χ4v) is 3.49. The molecule has 0 saturated heterocycles. The van der Waals surface area contributed by atoms with E-state index in [1.807, 2.05) is 49.3 Å². The summed E-state index contributed by atoms with van der Waals surface area (Å²) >= 11 is 0. The fraction of sp³-hybridized carbons (Fsp3) is 0.350. The molecule has 0 unspecified atom stereocenters. The summed E-state index contributed by atoms with van der Waals surface area (Å²) in [6.45, 7) is 0. The number of rotatable bonds is 4. The first-order valence-corrected chi connectivity index (χ1v) is 8.37. The van der Waals surface area contributed by atoms with Gasteiger partial charge in [-0.3, -0.25) is 4.79 Å². The van der Waals surface area contributed by atoms with Gasteiger partial charge in [0.1, 0.15) is 5.82 Å². The standard InChI is InChI=1S/C20H23FN2O/c1-23(2)16-11-9-15(10-12-16)19(24)22-20(13-5-6-14-20)17-7-3-4-8-18(17)21/h3-4,7-12H,5-6,13-14H2,1-2H3,(H,22,24). The molecule has 0 aliphatic heterocycles. The average molecular weight is 326 g/mol. The van der Waals surface area contributed by atoms with E-state index >= 15 is 0 Å². The third-order valence-electron chi connectivity index (χ3n) is 4.85. The van der Waals surface area contributed by atoms with E-state index in [1.54, 1.807) is 12.1 Å². The van der Waals surface area contributed by atoms with Gasteiger partial charge in [0.15, 0.2) is 0 Å². The van der Waals surface area contributed by atoms with Crippen LogP contribution in [0.2, 0.25) is 0 Å². The summed E-state index contributed by atoms with van der Waals surface area (Å²) in [6.07, 6.45) is 3.53. The summed E-state index contributed by atoms with van der Waals surface area (Å²) in [5.41, 5.74) is 1.64. The summed E-state index contributed by atoms with van der Waals surface area (Å²) in [7, 11) is 3.92. The first-order valence-electron chi connectivity index (χ1n) is 8.37. The van der Waals surface area contributed by atoms with Gasteiger partial charge in [-0.15, -0.1) is 0 Å². The number of nitrogens with zero attached hydrogens (tertiary/aromatic N) is 1. The molecule has 1 aliphatic rings. The minimum atomic E-state index is -0.595. The highest BCUT2D eigenvalue weighted by Gasteiger charge is 2.39. The first kappa shape index (κ1) is 16.5. The fourth-order valence-electron chi connectivity index (χ4n) is 3.49. The molecule has 1 N–H and O–H groups in total. The van der Waals surface area contributed by atoms with E-state index in [0.717, 1.165) is 31.4 Å². The Balaban J connectivity index is 1.86. The van der Waals surface area contributed by atoms with Crippen molar-refractivity contribution in [3.63, 3.8) is 0 Å². The Bertz CT molecular complexity index is 719. The second-order valence-electron chi connectivity index (χ2n) is 6.66. The molecular formula is C20H23FN2O. The zero-order valence-corrected chi connectivity index (χ0v) is 14.2. The monoisotopic (exact) mass is 326 g/mol. The third-order valence-corrected chi connectivity index (χ3v) is 4.85. The topological polar surface area (TPSA) is 32.3 Å². The zero-order chi connectivity index (χ0) is 17.2. The molecule has 3 rings (SSSR count). The summed E-state index contributed by atoms with van der Waals surface area (Å²) in [5, 5.41) is 3.12. The minimum absolute atomic E-state index is 0.148. The van der Waals surface area contributed by atoms with Crippen molar-refractivity contribution < 1.29 is 9.18 Å². The highest BCUT2D eigenvalue weighted by molar-refractivity contribution is 5.95. The van der Waals surface area contributed by atoms with Crippen LogP contribution in [0.25, 0.3) is 0 Å². The summed E-state index contributed by atoms with van der Waals surface area (Å²) < 4.78 is 14.3. The lowest BCUT2D eigenvalue weighted by molar-refractivity contribution is 0.0896. The number of carbonyl (C=O) groups is 1. The number of halogens is 1. The molecule has 0 spiro atoms. The van der Waals surface area contributed by atoms with Gasteiger partial charge in [-0.1, -0.05) is 31.0 Å². The Morgan fingerprint density at radius 2 is 1.67 bits per heavy atom. The lowest BCUT2D eigenvalue weighted by atomic mass is 9.87. The molecule has 1 aliphatic carbocycles. The summed E-state index contributed by atoms with van der Waals surface area (Å²) in [5.74, 6) is -0.395. The van der Waals surface area contributed by atoms with E-state index < -0.39 is 5.54 Å². The van der Waals surface area contributed by atoms with Gasteiger partial charge in [-0.2, -0.15) is 0 Å². The quantitative estimate of drug-likeness (QED) is 0.918. The van der Waals surface area contributed by atoms with Crippen LogP contribution in [-0.4, -0.2) is 20.0 Å². The maximum Gasteiger partial charge on any atom is 0.251 e. The molecule has 1 saturated carbocycles. The molecule has 0 atom stereocenters. The highest BCUT2D eigenvalue weighted by Crippen LogP contribution is 2.40. The smallest absolute Gasteiger partial charge is 0.251 e. The molecule has 4 heteroatoms. The van der Waals surface area contributed by atoms with Crippen molar-refractivity contribution in [2.75, 3.05) is 19.0 Å². The van der Waals surface area contributed by atoms with Gasteiger partial charge in [0.25, 0.3) is 5.91 Å². The summed E-state index contributed by atoms with van der Waals surface area (Å²) in [6, 6.07) is 14.2. The van der Waals surface area contributed by atoms with Crippen LogP contribution in [0.1, 0.15) is 41.6 Å². The number of amides is 1. The summed E-state index contributed by atoms with van der Waals surface area (Å²) in [4.78, 5) is 14.7. The maximum absolute atomic E-state index is 14.3. The van der Waals surface area contributed by atoms with Crippen molar-refractivity contribution in [2.24, 2.45) is 0 Å². The second-order valence-corrected chi connectivity index (χ2v) is 6.66. The van der Waals surface area contributed by atoms with Crippen LogP contribution in [0, 0.1) is 5.82 Å². The number of nitrogens with one attached hydrogen (secondary N) is 1. The van der Waals surface area contributed by atoms with Gasteiger partial charge in [-0.25, -0.2) is 4.39 Å². The van der Waals surface area contributed by atoms with Crippen LogP contribution in [0.5, 0.6) is 0 Å². The Morgan fingerprint density at radius 3 is 2.25 bits per heavy atom. The van der Waals surface area contributed by atoms with Gasteiger partial charge >= 0.3 is 0 Å². The molecule has 3 nitrogen and oxygen atoms in total. The Kier molecular flexibility index (Phi) is 4.56. The van der Waals surface area contributed by atoms with E-state index in [2.05, 4.69) is 5.32 Å². The van der Waals surface area contributed by atoms with Crippen molar-refractivity contribution in [3.8, 4) is 0 Å². The van der Waals surface area contributed by atoms with Crippen molar-refractivity contribution >= 4 is 11.6 Å². The molecule has 24 heavy (non-hydrogen) atoms. The van der Waals surface area contributed by atoms with E-state index in [1.165, 1.54) is 6.07 Å². The molecule has 2 aromatic rings. The Labute approximate surface area is 142 Å². The third kappa shape index (κ3) is 3.14. The molecule has 1 fully saturated rings. The first-order chi connectivity index (χ1) is 11.5. The molecule has 2 aromatic carbocycles. The van der Waals surface area contributed by atoms with Gasteiger partial charge in [0.2, 0.25) is 0 Å². The van der Waals surface area contributed by atoms with Crippen molar-refractivity contribution in [1.29, 1.82) is 0 Å². The molecule has 0 radical (unpaired) electrons.